The summed E-state index contributed by atoms with van der Waals surface area (Å²) in [5, 5.41) is 9.21. The van der Waals surface area contributed by atoms with Gasteiger partial charge in [-0.25, -0.2) is 9.97 Å². The molecule has 4 rings (SSSR count). The van der Waals surface area contributed by atoms with Crippen molar-refractivity contribution in [3.63, 3.8) is 0 Å². The quantitative estimate of drug-likeness (QED) is 0.679. The molecule has 11 heteroatoms. The molecule has 4 heterocycles. The molecule has 7 nitrogen and oxygen atoms in total. The minimum Gasteiger partial charge on any atom is -0.359 e. The molecule has 0 bridgehead atoms. The number of nitrogens with zero attached hydrogens (tertiary/aromatic N) is 7. The van der Waals surface area contributed by atoms with Crippen LogP contribution in [0.2, 0.25) is 0 Å². The summed E-state index contributed by atoms with van der Waals surface area (Å²) >= 11 is 1.27. The van der Waals surface area contributed by atoms with Gasteiger partial charge in [0.2, 0.25) is 0 Å². The Kier molecular flexibility index (Phi) is 3.90. The van der Waals surface area contributed by atoms with Crippen LogP contribution in [0.25, 0.3) is 10.8 Å². The number of fused-ring (bicyclic) bond motifs is 1. The minimum absolute atomic E-state index is 0.155. The average Bonchev–Trinajstić information content (AvgIpc) is 3.21. The molecule has 1 unspecified atom stereocenters. The Labute approximate surface area is 150 Å². The fourth-order valence-electron chi connectivity index (χ4n) is 3.01. The topological polar surface area (TPSA) is 72.6 Å². The number of hydrogen-bond donors (Lipinski definition) is 0. The molecule has 26 heavy (non-hydrogen) atoms. The summed E-state index contributed by atoms with van der Waals surface area (Å²) in [6.45, 7) is 4.95. The maximum absolute atomic E-state index is 12.7. The van der Waals surface area contributed by atoms with Gasteiger partial charge < -0.3 is 9.47 Å². The highest BCUT2D eigenvalue weighted by Gasteiger charge is 2.33. The lowest BCUT2D eigenvalue weighted by Gasteiger charge is -2.35. The Balaban J connectivity index is 1.63. The molecule has 3 aromatic rings. The van der Waals surface area contributed by atoms with E-state index in [4.69, 9.17) is 0 Å². The number of pyridine rings is 1. The Morgan fingerprint density at radius 2 is 2.00 bits per heavy atom. The zero-order valence-electron chi connectivity index (χ0n) is 13.9. The van der Waals surface area contributed by atoms with E-state index in [1.807, 2.05) is 23.3 Å². The standard InChI is InChI=1S/C15H14F3N7S/c1-8-12-21-22-13(14-20-9(2)23-26-14)25(12)6-5-24(8)10-3-4-11(19-7-10)15(16,17)18/h3-4,7-8H,5-6H2,1-2H3. The highest BCUT2D eigenvalue weighted by atomic mass is 32.1. The summed E-state index contributed by atoms with van der Waals surface area (Å²) in [4.78, 5) is 9.86. The number of halogens is 3. The van der Waals surface area contributed by atoms with Gasteiger partial charge in [-0.2, -0.15) is 17.5 Å². The number of anilines is 1. The maximum atomic E-state index is 12.7. The Morgan fingerprint density at radius 1 is 1.19 bits per heavy atom. The van der Waals surface area contributed by atoms with E-state index in [0.717, 1.165) is 11.9 Å². The summed E-state index contributed by atoms with van der Waals surface area (Å²) in [7, 11) is 0. The van der Waals surface area contributed by atoms with Crippen LogP contribution in [-0.4, -0.2) is 35.7 Å². The third-order valence-corrected chi connectivity index (χ3v) is 5.08. The molecule has 1 aliphatic rings. The fourth-order valence-corrected chi connectivity index (χ4v) is 3.67. The third kappa shape index (κ3) is 2.81. The van der Waals surface area contributed by atoms with E-state index in [1.165, 1.54) is 23.8 Å². The average molecular weight is 381 g/mol. The zero-order chi connectivity index (χ0) is 18.5. The van der Waals surface area contributed by atoms with Crippen LogP contribution in [0.15, 0.2) is 18.3 Å². The van der Waals surface area contributed by atoms with Gasteiger partial charge >= 0.3 is 6.18 Å². The molecule has 1 aliphatic heterocycles. The summed E-state index contributed by atoms with van der Waals surface area (Å²) < 4.78 is 44.2. The van der Waals surface area contributed by atoms with Gasteiger partial charge in [0, 0.05) is 13.1 Å². The first-order chi connectivity index (χ1) is 12.3. The predicted octanol–water partition coefficient (Wildman–Crippen LogP) is 3.10. The molecule has 0 N–H and O–H groups in total. The van der Waals surface area contributed by atoms with Crippen LogP contribution < -0.4 is 4.90 Å². The van der Waals surface area contributed by atoms with Crippen molar-refractivity contribution in [1.82, 2.24) is 29.1 Å². The van der Waals surface area contributed by atoms with Gasteiger partial charge in [-0.3, -0.25) is 0 Å². The van der Waals surface area contributed by atoms with Crippen LogP contribution in [0.4, 0.5) is 18.9 Å². The van der Waals surface area contributed by atoms with E-state index in [2.05, 4.69) is 24.5 Å². The molecule has 0 spiro atoms. The van der Waals surface area contributed by atoms with Crippen LogP contribution in [0, 0.1) is 6.92 Å². The van der Waals surface area contributed by atoms with Crippen LogP contribution in [0.1, 0.15) is 30.3 Å². The Morgan fingerprint density at radius 3 is 2.62 bits per heavy atom. The maximum Gasteiger partial charge on any atom is 0.433 e. The molecule has 0 saturated carbocycles. The van der Waals surface area contributed by atoms with Crippen LogP contribution in [-0.2, 0) is 12.7 Å². The van der Waals surface area contributed by atoms with Crippen molar-refractivity contribution in [2.24, 2.45) is 0 Å². The van der Waals surface area contributed by atoms with Crippen molar-refractivity contribution in [3.05, 3.63) is 35.7 Å². The number of alkyl halides is 3. The minimum atomic E-state index is -4.44. The van der Waals surface area contributed by atoms with Gasteiger partial charge in [0.25, 0.3) is 0 Å². The van der Waals surface area contributed by atoms with Gasteiger partial charge in [-0.1, -0.05) is 0 Å². The first kappa shape index (κ1) is 16.9. The largest absolute Gasteiger partial charge is 0.433 e. The number of aryl methyl sites for hydroxylation is 1. The summed E-state index contributed by atoms with van der Waals surface area (Å²) in [5.41, 5.74) is -0.281. The van der Waals surface area contributed by atoms with Crippen molar-refractivity contribution < 1.29 is 13.2 Å². The van der Waals surface area contributed by atoms with Crippen molar-refractivity contribution in [2.75, 3.05) is 11.4 Å². The normalized spacial score (nSPS) is 17.4. The second-order valence-corrected chi connectivity index (χ2v) is 6.70. The van der Waals surface area contributed by atoms with Crippen molar-refractivity contribution in [1.29, 1.82) is 0 Å². The summed E-state index contributed by atoms with van der Waals surface area (Å²) in [5.74, 6) is 2.09. The molecule has 0 fully saturated rings. The number of hydrogen-bond acceptors (Lipinski definition) is 7. The monoisotopic (exact) mass is 381 g/mol. The highest BCUT2D eigenvalue weighted by Crippen LogP contribution is 2.34. The molecule has 136 valence electrons. The Bertz CT molecular complexity index is 932. The van der Waals surface area contributed by atoms with Crippen LogP contribution in [0.3, 0.4) is 0 Å². The van der Waals surface area contributed by atoms with E-state index in [9.17, 15) is 13.2 Å². The smallest absolute Gasteiger partial charge is 0.359 e. The SMILES string of the molecule is Cc1nsc(-c2nnc3n2CCN(c2ccc(C(F)(F)F)nc2)C3C)n1. The van der Waals surface area contributed by atoms with Crippen LogP contribution >= 0.6 is 11.5 Å². The van der Waals surface area contributed by atoms with Gasteiger partial charge in [-0.15, -0.1) is 10.2 Å². The molecular weight excluding hydrogens is 367 g/mol. The number of rotatable bonds is 2. The molecule has 1 atom stereocenters. The van der Waals surface area contributed by atoms with Crippen LogP contribution in [0.5, 0.6) is 0 Å². The first-order valence-corrected chi connectivity index (χ1v) is 8.65. The molecule has 0 radical (unpaired) electrons. The molecule has 0 saturated heterocycles. The molecule has 0 aromatic carbocycles. The highest BCUT2D eigenvalue weighted by molar-refractivity contribution is 7.09. The molecule has 0 amide bonds. The van der Waals surface area contributed by atoms with E-state index in [-0.39, 0.29) is 6.04 Å². The second-order valence-electron chi connectivity index (χ2n) is 5.95. The van der Waals surface area contributed by atoms with Crippen molar-refractivity contribution in [2.45, 2.75) is 32.6 Å². The fraction of sp³-hybridized carbons (Fsp3) is 0.400. The van der Waals surface area contributed by atoms with Gasteiger partial charge in [0.1, 0.15) is 11.5 Å². The summed E-state index contributed by atoms with van der Waals surface area (Å²) in [6.07, 6.45) is -3.19. The lowest BCUT2D eigenvalue weighted by atomic mass is 10.2. The van der Waals surface area contributed by atoms with Gasteiger partial charge in [0.05, 0.1) is 17.9 Å². The predicted molar refractivity (Wildman–Crippen MR) is 88.7 cm³/mol. The van der Waals surface area contributed by atoms with Crippen molar-refractivity contribution in [3.8, 4) is 10.8 Å². The zero-order valence-corrected chi connectivity index (χ0v) is 14.7. The first-order valence-electron chi connectivity index (χ1n) is 7.88. The Hall–Kier alpha value is -2.56. The summed E-state index contributed by atoms with van der Waals surface area (Å²) in [6, 6.07) is 2.28. The van der Waals surface area contributed by atoms with Gasteiger partial charge in [-0.05, 0) is 37.5 Å². The van der Waals surface area contributed by atoms with E-state index < -0.39 is 11.9 Å². The van der Waals surface area contributed by atoms with E-state index in [1.54, 1.807) is 0 Å². The van der Waals surface area contributed by atoms with E-state index in [0.29, 0.717) is 35.4 Å². The van der Waals surface area contributed by atoms with E-state index >= 15 is 0 Å². The molecular formula is C15H14F3N7S. The number of aromatic nitrogens is 6. The third-order valence-electron chi connectivity index (χ3n) is 4.27. The van der Waals surface area contributed by atoms with Crippen molar-refractivity contribution >= 4 is 17.2 Å². The molecule has 3 aromatic heterocycles. The van der Waals surface area contributed by atoms with Gasteiger partial charge in [0.15, 0.2) is 16.7 Å². The lowest BCUT2D eigenvalue weighted by Crippen LogP contribution is -2.37. The second kappa shape index (κ2) is 6.01. The lowest BCUT2D eigenvalue weighted by molar-refractivity contribution is -0.141. The molecule has 0 aliphatic carbocycles.